The number of aliphatic imine (C=N–C) groups is 1. The van der Waals surface area contributed by atoms with Crippen molar-refractivity contribution >= 4 is 35.8 Å². The van der Waals surface area contributed by atoms with Crippen molar-refractivity contribution in [2.75, 3.05) is 33.7 Å². The molecule has 1 heterocycles. The van der Waals surface area contributed by atoms with Gasteiger partial charge in [0, 0.05) is 39.3 Å². The topological polar surface area (TPSA) is 60.0 Å². The number of piperidine rings is 1. The van der Waals surface area contributed by atoms with E-state index in [-0.39, 0.29) is 36.4 Å². The molecule has 7 heteroatoms. The number of hydrogen-bond acceptors (Lipinski definition) is 3. The number of carbonyl (C=O) groups excluding carboxylic acids is 1. The maximum Gasteiger partial charge on any atom is 0.241 e. The van der Waals surface area contributed by atoms with Gasteiger partial charge in [-0.25, -0.2) is 4.99 Å². The Kier molecular flexibility index (Phi) is 10.7. The predicted octanol–water partition coefficient (Wildman–Crippen LogP) is 2.30. The van der Waals surface area contributed by atoms with E-state index in [2.05, 4.69) is 46.5 Å². The Morgan fingerprint density at radius 3 is 2.41 bits per heavy atom. The molecule has 1 saturated heterocycles. The minimum absolute atomic E-state index is 0. The van der Waals surface area contributed by atoms with E-state index in [0.29, 0.717) is 24.6 Å². The molecule has 152 valence electrons. The number of likely N-dealkylation sites (N-methyl/N-ethyl adjacent to an activating group) is 1. The number of hydrogen-bond donors (Lipinski definition) is 2. The molecule has 2 rings (SSSR count). The Hall–Kier alpha value is -1.35. The minimum atomic E-state index is 0. The van der Waals surface area contributed by atoms with Crippen molar-refractivity contribution in [3.63, 3.8) is 0 Å². The lowest BCUT2D eigenvalue weighted by Crippen LogP contribution is -2.51. The lowest BCUT2D eigenvalue weighted by molar-refractivity contribution is -0.127. The van der Waals surface area contributed by atoms with Gasteiger partial charge in [-0.05, 0) is 32.3 Å². The highest BCUT2D eigenvalue weighted by molar-refractivity contribution is 14.0. The minimum Gasteiger partial charge on any atom is -0.354 e. The average molecular weight is 487 g/mol. The maximum absolute atomic E-state index is 11.9. The van der Waals surface area contributed by atoms with Crippen LogP contribution in [0.25, 0.3) is 0 Å². The zero-order chi connectivity index (χ0) is 18.9. The summed E-state index contributed by atoms with van der Waals surface area (Å²) in [4.78, 5) is 20.7. The summed E-state index contributed by atoms with van der Waals surface area (Å²) in [6, 6.07) is 11.1. The van der Waals surface area contributed by atoms with E-state index in [9.17, 15) is 4.79 Å². The van der Waals surface area contributed by atoms with Gasteiger partial charge in [0.05, 0.1) is 13.1 Å². The molecule has 2 N–H and O–H groups in total. The summed E-state index contributed by atoms with van der Waals surface area (Å²) in [5.41, 5.74) is 1.15. The van der Waals surface area contributed by atoms with Crippen molar-refractivity contribution in [2.45, 2.75) is 45.3 Å². The van der Waals surface area contributed by atoms with Crippen LogP contribution in [-0.2, 0) is 11.3 Å². The van der Waals surface area contributed by atoms with Gasteiger partial charge in [0.25, 0.3) is 0 Å². The van der Waals surface area contributed by atoms with E-state index in [1.807, 2.05) is 18.2 Å². The second-order valence-electron chi connectivity index (χ2n) is 7.34. The van der Waals surface area contributed by atoms with Crippen LogP contribution in [0.1, 0.15) is 32.3 Å². The number of amides is 1. The van der Waals surface area contributed by atoms with Crippen molar-refractivity contribution in [3.05, 3.63) is 35.9 Å². The Bertz CT molecular complexity index is 583. The maximum atomic E-state index is 11.9. The van der Waals surface area contributed by atoms with E-state index in [4.69, 9.17) is 0 Å². The summed E-state index contributed by atoms with van der Waals surface area (Å²) in [5, 5.41) is 6.71. The van der Waals surface area contributed by atoms with Gasteiger partial charge in [-0.15, -0.1) is 24.0 Å². The quantitative estimate of drug-likeness (QED) is 0.368. The molecule has 0 atom stereocenters. The van der Waals surface area contributed by atoms with Crippen molar-refractivity contribution in [2.24, 2.45) is 4.99 Å². The fourth-order valence-corrected chi connectivity index (χ4v) is 2.98. The third kappa shape index (κ3) is 8.47. The van der Waals surface area contributed by atoms with Crippen LogP contribution in [0.2, 0.25) is 0 Å². The van der Waals surface area contributed by atoms with Crippen molar-refractivity contribution < 1.29 is 4.79 Å². The number of benzene rings is 1. The van der Waals surface area contributed by atoms with Gasteiger partial charge >= 0.3 is 0 Å². The Balaban J connectivity index is 0.00000364. The number of nitrogens with zero attached hydrogens (tertiary/aromatic N) is 3. The number of nitrogens with one attached hydrogen (secondary N) is 2. The number of guanidine groups is 1. The second kappa shape index (κ2) is 12.2. The fraction of sp³-hybridized carbons (Fsp3) is 0.600. The molecule has 1 aliphatic heterocycles. The van der Waals surface area contributed by atoms with Crippen LogP contribution in [0.4, 0.5) is 0 Å². The van der Waals surface area contributed by atoms with Crippen LogP contribution in [-0.4, -0.2) is 67.5 Å². The van der Waals surface area contributed by atoms with E-state index in [0.717, 1.165) is 31.5 Å². The van der Waals surface area contributed by atoms with Crippen LogP contribution in [0.3, 0.4) is 0 Å². The van der Waals surface area contributed by atoms with Crippen LogP contribution in [0, 0.1) is 0 Å². The molecule has 0 aromatic heterocycles. The molecule has 0 saturated carbocycles. The van der Waals surface area contributed by atoms with Gasteiger partial charge in [0.2, 0.25) is 5.91 Å². The molecule has 0 aliphatic carbocycles. The molecular weight excluding hydrogens is 453 g/mol. The van der Waals surface area contributed by atoms with E-state index in [1.54, 1.807) is 19.0 Å². The highest BCUT2D eigenvalue weighted by Crippen LogP contribution is 2.13. The normalized spacial score (nSPS) is 16.0. The third-order valence-corrected chi connectivity index (χ3v) is 4.77. The molecule has 27 heavy (non-hydrogen) atoms. The zero-order valence-corrected chi connectivity index (χ0v) is 19.3. The summed E-state index contributed by atoms with van der Waals surface area (Å²) in [6.07, 6.45) is 2.18. The summed E-state index contributed by atoms with van der Waals surface area (Å²) in [7, 11) is 3.53. The summed E-state index contributed by atoms with van der Waals surface area (Å²) < 4.78 is 0. The fourth-order valence-electron chi connectivity index (χ4n) is 2.98. The lowest BCUT2D eigenvalue weighted by atomic mass is 10.0. The van der Waals surface area contributed by atoms with Gasteiger partial charge in [-0.3, -0.25) is 4.79 Å². The smallest absolute Gasteiger partial charge is 0.241 e. The highest BCUT2D eigenvalue weighted by Gasteiger charge is 2.21. The first kappa shape index (κ1) is 23.7. The first-order valence-corrected chi connectivity index (χ1v) is 9.48. The van der Waals surface area contributed by atoms with Gasteiger partial charge in [0.15, 0.2) is 5.96 Å². The lowest BCUT2D eigenvalue weighted by Gasteiger charge is -2.35. The van der Waals surface area contributed by atoms with Crippen molar-refractivity contribution in [1.82, 2.24) is 20.4 Å². The van der Waals surface area contributed by atoms with Gasteiger partial charge in [0.1, 0.15) is 0 Å². The summed E-state index contributed by atoms with van der Waals surface area (Å²) in [6.45, 7) is 7.52. The van der Waals surface area contributed by atoms with E-state index < -0.39 is 0 Å². The molecule has 1 aliphatic rings. The van der Waals surface area contributed by atoms with E-state index in [1.165, 1.54) is 0 Å². The Morgan fingerprint density at radius 1 is 1.22 bits per heavy atom. The van der Waals surface area contributed by atoms with Gasteiger partial charge < -0.3 is 20.4 Å². The molecule has 0 spiro atoms. The standard InChI is InChI=1S/C20H33N5O.HI/c1-16(2)25-12-10-18(11-13-25)23-20(22-15-19(26)24(3)4)21-14-17-8-6-5-7-9-17;/h5-9,16,18H,10-15H2,1-4H3,(H2,21,22,23);1H. The molecular formula is C20H34IN5O. The largest absolute Gasteiger partial charge is 0.354 e. The molecule has 0 bridgehead atoms. The molecule has 0 radical (unpaired) electrons. The zero-order valence-electron chi connectivity index (χ0n) is 16.9. The van der Waals surface area contributed by atoms with Gasteiger partial charge in [-0.2, -0.15) is 0 Å². The summed E-state index contributed by atoms with van der Waals surface area (Å²) in [5.74, 6) is 0.751. The predicted molar refractivity (Wildman–Crippen MR) is 123 cm³/mol. The highest BCUT2D eigenvalue weighted by atomic mass is 127. The molecule has 1 fully saturated rings. The molecule has 1 aromatic rings. The first-order chi connectivity index (χ1) is 12.5. The molecule has 1 aromatic carbocycles. The van der Waals surface area contributed by atoms with Crippen LogP contribution in [0.15, 0.2) is 35.3 Å². The van der Waals surface area contributed by atoms with E-state index >= 15 is 0 Å². The first-order valence-electron chi connectivity index (χ1n) is 9.48. The SMILES string of the molecule is CC(C)N1CCC(NC(=NCc2ccccc2)NCC(=O)N(C)C)CC1.I. The van der Waals surface area contributed by atoms with Crippen LogP contribution < -0.4 is 10.6 Å². The monoisotopic (exact) mass is 487 g/mol. The second-order valence-corrected chi connectivity index (χ2v) is 7.34. The van der Waals surface area contributed by atoms with Crippen molar-refractivity contribution in [1.29, 1.82) is 0 Å². The van der Waals surface area contributed by atoms with Gasteiger partial charge in [-0.1, -0.05) is 30.3 Å². The molecule has 6 nitrogen and oxygen atoms in total. The van der Waals surface area contributed by atoms with Crippen molar-refractivity contribution in [3.8, 4) is 0 Å². The average Bonchev–Trinajstić information content (AvgIpc) is 2.64. The number of halogens is 1. The number of carbonyl (C=O) groups is 1. The molecule has 1 amide bonds. The Morgan fingerprint density at radius 2 is 1.85 bits per heavy atom. The summed E-state index contributed by atoms with van der Waals surface area (Å²) >= 11 is 0. The Labute approximate surface area is 180 Å². The third-order valence-electron chi connectivity index (χ3n) is 4.77. The van der Waals surface area contributed by atoms with Crippen LogP contribution >= 0.6 is 24.0 Å². The number of rotatable bonds is 6. The van der Waals surface area contributed by atoms with Crippen LogP contribution in [0.5, 0.6) is 0 Å². The number of likely N-dealkylation sites (tertiary alicyclic amines) is 1. The molecule has 0 unspecified atom stereocenters.